The van der Waals surface area contributed by atoms with E-state index < -0.39 is 17.5 Å². The fourth-order valence-electron chi connectivity index (χ4n) is 4.34. The van der Waals surface area contributed by atoms with Crippen LogP contribution in [0, 0.1) is 11.3 Å². The second-order valence-electron chi connectivity index (χ2n) is 8.51. The van der Waals surface area contributed by atoms with Gasteiger partial charge in [0.25, 0.3) is 0 Å². The van der Waals surface area contributed by atoms with Gasteiger partial charge in [-0.15, -0.1) is 0 Å². The molecular formula is C30H22N2O7. The quantitative estimate of drug-likeness (QED) is 0.157. The zero-order chi connectivity index (χ0) is 27.5. The van der Waals surface area contributed by atoms with Gasteiger partial charge in [-0.3, -0.25) is 0 Å². The maximum Gasteiger partial charge on any atom is 0.351 e. The van der Waals surface area contributed by atoms with E-state index in [9.17, 15) is 14.9 Å². The molecule has 0 bridgehead atoms. The Morgan fingerprint density at radius 2 is 1.95 bits per heavy atom. The number of esters is 1. The molecule has 9 heteroatoms. The van der Waals surface area contributed by atoms with Gasteiger partial charge in [-0.05, 0) is 35.9 Å². The first-order valence-corrected chi connectivity index (χ1v) is 11.8. The summed E-state index contributed by atoms with van der Waals surface area (Å²) >= 11 is 0. The van der Waals surface area contributed by atoms with E-state index in [-0.39, 0.29) is 22.8 Å². The van der Waals surface area contributed by atoms with E-state index in [1.807, 2.05) is 0 Å². The molecule has 9 nitrogen and oxygen atoms in total. The third-order valence-corrected chi connectivity index (χ3v) is 6.14. The average molecular weight is 523 g/mol. The van der Waals surface area contributed by atoms with Gasteiger partial charge in [0.1, 0.15) is 40.9 Å². The molecule has 5 rings (SSSR count). The minimum atomic E-state index is -0.886. The molecule has 2 N–H and O–H groups in total. The lowest BCUT2D eigenvalue weighted by molar-refractivity contribution is 0.0730. The molecule has 0 amide bonds. The van der Waals surface area contributed by atoms with Crippen LogP contribution in [0.3, 0.4) is 0 Å². The Balaban J connectivity index is 1.49. The highest BCUT2D eigenvalue weighted by atomic mass is 16.5. The predicted octanol–water partition coefficient (Wildman–Crippen LogP) is 4.80. The van der Waals surface area contributed by atoms with Gasteiger partial charge in [-0.2, -0.15) is 5.26 Å². The Bertz CT molecular complexity index is 1750. The third kappa shape index (κ3) is 4.79. The number of rotatable bonds is 7. The molecule has 1 unspecified atom stereocenters. The molecular weight excluding hydrogens is 500 g/mol. The van der Waals surface area contributed by atoms with Crippen molar-refractivity contribution in [2.45, 2.75) is 5.92 Å². The van der Waals surface area contributed by atoms with Gasteiger partial charge >= 0.3 is 11.6 Å². The molecule has 194 valence electrons. The number of nitrogens with zero attached hydrogens (tertiary/aromatic N) is 1. The first-order chi connectivity index (χ1) is 18.9. The van der Waals surface area contributed by atoms with Crippen LogP contribution < -0.4 is 30.3 Å². The molecule has 0 spiro atoms. The number of benzene rings is 3. The van der Waals surface area contributed by atoms with Crippen LogP contribution in [0.2, 0.25) is 0 Å². The third-order valence-electron chi connectivity index (χ3n) is 6.14. The smallest absolute Gasteiger partial charge is 0.351 e. The summed E-state index contributed by atoms with van der Waals surface area (Å²) in [6.07, 6.45) is 1.62. The van der Waals surface area contributed by atoms with Crippen molar-refractivity contribution in [1.82, 2.24) is 0 Å². The lowest BCUT2D eigenvalue weighted by Gasteiger charge is -2.27. The summed E-state index contributed by atoms with van der Waals surface area (Å²) in [6.45, 7) is 3.95. The lowest BCUT2D eigenvalue weighted by atomic mass is 9.83. The first-order valence-electron chi connectivity index (χ1n) is 11.8. The van der Waals surface area contributed by atoms with Crippen molar-refractivity contribution < 1.29 is 28.2 Å². The van der Waals surface area contributed by atoms with Gasteiger partial charge in [0.2, 0.25) is 5.88 Å². The molecule has 0 fully saturated rings. The van der Waals surface area contributed by atoms with E-state index in [0.717, 1.165) is 0 Å². The number of carbonyl (C=O) groups is 1. The fraction of sp³-hybridized carbons (Fsp3) is 0.100. The van der Waals surface area contributed by atoms with Crippen LogP contribution in [0.1, 0.15) is 27.4 Å². The molecule has 1 aliphatic heterocycles. The number of hydrogen-bond donors (Lipinski definition) is 1. The zero-order valence-corrected chi connectivity index (χ0v) is 20.8. The highest BCUT2D eigenvalue weighted by Crippen LogP contribution is 2.45. The summed E-state index contributed by atoms with van der Waals surface area (Å²) in [6, 6.07) is 20.4. The summed E-state index contributed by atoms with van der Waals surface area (Å²) in [5, 5.41) is 10.5. The van der Waals surface area contributed by atoms with Crippen molar-refractivity contribution in [2.75, 3.05) is 13.7 Å². The highest BCUT2D eigenvalue weighted by Gasteiger charge is 2.32. The summed E-state index contributed by atoms with van der Waals surface area (Å²) in [7, 11) is 1.52. The summed E-state index contributed by atoms with van der Waals surface area (Å²) < 4.78 is 27.6. The van der Waals surface area contributed by atoms with Crippen molar-refractivity contribution in [3.8, 4) is 29.1 Å². The van der Waals surface area contributed by atoms with E-state index >= 15 is 0 Å². The molecule has 3 aromatic carbocycles. The Hall–Kier alpha value is -5.49. The number of carbonyl (C=O) groups excluding carboxylic acids is 1. The van der Waals surface area contributed by atoms with E-state index in [1.165, 1.54) is 19.2 Å². The second-order valence-corrected chi connectivity index (χ2v) is 8.51. The number of hydrogen-bond acceptors (Lipinski definition) is 9. The zero-order valence-electron chi connectivity index (χ0n) is 20.8. The predicted molar refractivity (Wildman–Crippen MR) is 142 cm³/mol. The normalized spacial score (nSPS) is 14.1. The molecule has 4 aromatic rings. The Kier molecular flexibility index (Phi) is 6.76. The van der Waals surface area contributed by atoms with Crippen LogP contribution >= 0.6 is 0 Å². The number of fused-ring (bicyclic) bond motifs is 2. The van der Waals surface area contributed by atoms with Gasteiger partial charge in [0, 0.05) is 17.0 Å². The number of nitrogens with two attached hydrogens (primary N) is 1. The fourth-order valence-corrected chi connectivity index (χ4v) is 4.34. The van der Waals surface area contributed by atoms with E-state index in [0.29, 0.717) is 46.0 Å². The number of ether oxygens (including phenoxy) is 4. The number of allylic oxidation sites excluding steroid dienone is 1. The molecule has 1 aromatic heterocycles. The average Bonchev–Trinajstić information content (AvgIpc) is 2.94. The lowest BCUT2D eigenvalue weighted by Crippen LogP contribution is -2.22. The van der Waals surface area contributed by atoms with Gasteiger partial charge in [-0.1, -0.05) is 43.0 Å². The number of nitriles is 1. The maximum absolute atomic E-state index is 12.8. The molecule has 0 radical (unpaired) electrons. The van der Waals surface area contributed by atoms with Crippen molar-refractivity contribution in [1.29, 1.82) is 5.26 Å². The van der Waals surface area contributed by atoms with Crippen molar-refractivity contribution in [2.24, 2.45) is 5.73 Å². The standard InChI is InChI=1S/C30H22N2O7/c1-3-12-36-24-11-8-18(14-26(24)35-2)27-20-10-9-19(15-25(20)38-28(32)22(27)16-31)37-29(33)21-13-17-6-4-5-7-23(17)39-30(21)34/h3-11,13-15,27H,1,12,32H2,2H3. The number of para-hydroxylation sites is 1. The summed E-state index contributed by atoms with van der Waals surface area (Å²) in [5.74, 6) is -0.162. The van der Waals surface area contributed by atoms with Crippen LogP contribution in [0.15, 0.2) is 100 Å². The largest absolute Gasteiger partial charge is 0.493 e. The second kappa shape index (κ2) is 10.5. The van der Waals surface area contributed by atoms with Crippen LogP contribution in [0.25, 0.3) is 11.0 Å². The van der Waals surface area contributed by atoms with Crippen LogP contribution in [-0.4, -0.2) is 19.7 Å². The van der Waals surface area contributed by atoms with Gasteiger partial charge in [0.05, 0.1) is 13.0 Å². The van der Waals surface area contributed by atoms with Crippen molar-refractivity contribution in [3.63, 3.8) is 0 Å². The van der Waals surface area contributed by atoms with E-state index in [1.54, 1.807) is 60.7 Å². The first kappa shape index (κ1) is 25.2. The van der Waals surface area contributed by atoms with Crippen LogP contribution in [0.4, 0.5) is 0 Å². The Labute approximate surface area is 222 Å². The van der Waals surface area contributed by atoms with Gasteiger partial charge in [-0.25, -0.2) is 9.59 Å². The Morgan fingerprint density at radius 3 is 2.72 bits per heavy atom. The highest BCUT2D eigenvalue weighted by molar-refractivity contribution is 5.94. The molecule has 1 atom stereocenters. The van der Waals surface area contributed by atoms with Crippen LogP contribution in [0.5, 0.6) is 23.0 Å². The maximum atomic E-state index is 12.8. The Morgan fingerprint density at radius 1 is 1.13 bits per heavy atom. The van der Waals surface area contributed by atoms with Crippen molar-refractivity contribution >= 4 is 16.9 Å². The molecule has 0 aliphatic carbocycles. The number of methoxy groups -OCH3 is 1. The van der Waals surface area contributed by atoms with E-state index in [4.69, 9.17) is 29.1 Å². The molecule has 2 heterocycles. The SMILES string of the molecule is C=CCOc1ccc(C2C(C#N)=C(N)Oc3cc(OC(=O)c4cc5ccccc5oc4=O)ccc32)cc1OC. The molecule has 39 heavy (non-hydrogen) atoms. The minimum absolute atomic E-state index is 0.0837. The molecule has 0 saturated carbocycles. The van der Waals surface area contributed by atoms with E-state index in [2.05, 4.69) is 12.6 Å². The topological polar surface area (TPSA) is 134 Å². The summed E-state index contributed by atoms with van der Waals surface area (Å²) in [5.41, 5.74) is 6.96. The molecule has 1 aliphatic rings. The minimum Gasteiger partial charge on any atom is -0.493 e. The van der Waals surface area contributed by atoms with Crippen molar-refractivity contribution in [3.05, 3.63) is 118 Å². The monoisotopic (exact) mass is 522 g/mol. The van der Waals surface area contributed by atoms with Gasteiger partial charge < -0.3 is 29.1 Å². The summed E-state index contributed by atoms with van der Waals surface area (Å²) in [4.78, 5) is 25.2. The van der Waals surface area contributed by atoms with Crippen LogP contribution in [-0.2, 0) is 0 Å². The molecule has 0 saturated heterocycles. The van der Waals surface area contributed by atoms with Gasteiger partial charge in [0.15, 0.2) is 11.5 Å².